The van der Waals surface area contributed by atoms with Crippen LogP contribution in [-0.2, 0) is 0 Å². The van der Waals surface area contributed by atoms with Gasteiger partial charge in [-0.1, -0.05) is 51.4 Å². The van der Waals surface area contributed by atoms with Gasteiger partial charge in [0.05, 0.1) is 12.1 Å². The van der Waals surface area contributed by atoms with Crippen molar-refractivity contribution in [2.75, 3.05) is 0 Å². The van der Waals surface area contributed by atoms with E-state index in [4.69, 9.17) is 0 Å². The van der Waals surface area contributed by atoms with Crippen molar-refractivity contribution in [2.45, 2.75) is 82.6 Å². The minimum Gasteiger partial charge on any atom is -0.246 e. The maximum atomic E-state index is 9.18. The van der Waals surface area contributed by atoms with E-state index in [0.29, 0.717) is 24.3 Å². The second kappa shape index (κ2) is 7.06. The third-order valence-corrected chi connectivity index (χ3v) is 5.36. The van der Waals surface area contributed by atoms with Gasteiger partial charge in [0, 0.05) is 12.3 Å². The van der Waals surface area contributed by atoms with Gasteiger partial charge in [0.25, 0.3) is 0 Å². The van der Waals surface area contributed by atoms with E-state index in [-0.39, 0.29) is 0 Å². The van der Waals surface area contributed by atoms with E-state index in [0.717, 1.165) is 5.82 Å². The quantitative estimate of drug-likeness (QED) is 0.770. The van der Waals surface area contributed by atoms with Gasteiger partial charge in [-0.3, -0.25) is 0 Å². The van der Waals surface area contributed by atoms with Gasteiger partial charge in [-0.15, -0.1) is 0 Å². The molecule has 0 radical (unpaired) electrons. The zero-order chi connectivity index (χ0) is 14.5. The van der Waals surface area contributed by atoms with Crippen LogP contribution in [0.25, 0.3) is 0 Å². The van der Waals surface area contributed by atoms with E-state index >= 15 is 0 Å². The average Bonchev–Trinajstić information content (AvgIpc) is 3.03. The molecule has 1 aromatic rings. The summed E-state index contributed by atoms with van der Waals surface area (Å²) >= 11 is 0. The Hall–Kier alpha value is -1.37. The van der Waals surface area contributed by atoms with E-state index < -0.39 is 0 Å². The van der Waals surface area contributed by atoms with Crippen molar-refractivity contribution < 1.29 is 0 Å². The molecule has 1 fully saturated rings. The summed E-state index contributed by atoms with van der Waals surface area (Å²) < 4.78 is 2.15. The van der Waals surface area contributed by atoms with Crippen LogP contribution >= 0.6 is 0 Å². The fraction of sp³-hybridized carbons (Fsp3) is 0.824. The highest BCUT2D eigenvalue weighted by molar-refractivity contribution is 5.11. The molecule has 0 saturated heterocycles. The monoisotopic (exact) mass is 286 g/mol. The number of hydrogen-bond donors (Lipinski definition) is 0. The van der Waals surface area contributed by atoms with E-state index in [9.17, 15) is 5.26 Å². The zero-order valence-corrected chi connectivity index (χ0v) is 12.9. The number of nitriles is 1. The lowest BCUT2D eigenvalue weighted by molar-refractivity contribution is 0.274. The van der Waals surface area contributed by atoms with Crippen molar-refractivity contribution >= 4 is 0 Å². The van der Waals surface area contributed by atoms with Crippen molar-refractivity contribution in [1.82, 2.24) is 14.8 Å². The van der Waals surface area contributed by atoms with Gasteiger partial charge >= 0.3 is 0 Å². The minimum absolute atomic E-state index is 0.311. The molecule has 0 aromatic carbocycles. The molecule has 1 aromatic heterocycles. The molecular formula is C17H26N4. The smallest absolute Gasteiger partial charge is 0.138 e. The lowest BCUT2D eigenvalue weighted by atomic mass is 9.81. The fourth-order valence-corrected chi connectivity index (χ4v) is 4.29. The first kappa shape index (κ1) is 14.6. The summed E-state index contributed by atoms with van der Waals surface area (Å²) in [6.07, 6.45) is 15.6. The van der Waals surface area contributed by atoms with Gasteiger partial charge in [0.1, 0.15) is 12.2 Å². The predicted octanol–water partition coefficient (Wildman–Crippen LogP) is 4.36. The molecule has 4 nitrogen and oxygen atoms in total. The largest absolute Gasteiger partial charge is 0.246 e. The summed E-state index contributed by atoms with van der Waals surface area (Å²) in [5.41, 5.74) is 0. The lowest BCUT2D eigenvalue weighted by Crippen LogP contribution is -2.17. The van der Waals surface area contributed by atoms with Crippen molar-refractivity contribution in [2.24, 2.45) is 5.92 Å². The number of aromatic nitrogens is 3. The molecule has 1 aliphatic heterocycles. The molecule has 21 heavy (non-hydrogen) atoms. The first-order valence-corrected chi connectivity index (χ1v) is 8.68. The Morgan fingerprint density at radius 3 is 2.43 bits per heavy atom. The van der Waals surface area contributed by atoms with Gasteiger partial charge in [0.2, 0.25) is 0 Å². The Bertz CT molecular complexity index is 487. The number of nitrogens with zero attached hydrogens (tertiary/aromatic N) is 4. The first-order valence-electron chi connectivity index (χ1n) is 8.68. The molecule has 0 bridgehead atoms. The predicted molar refractivity (Wildman–Crippen MR) is 81.7 cm³/mol. The highest BCUT2D eigenvalue weighted by atomic mass is 15.4. The molecule has 2 aliphatic rings. The van der Waals surface area contributed by atoms with Gasteiger partial charge in [0.15, 0.2) is 0 Å². The molecule has 3 atom stereocenters. The molecule has 1 aliphatic carbocycles. The SMILES string of the molecule is N#CCC1c2ncnn2C2CCCCCCCCCCC12. The fourth-order valence-electron chi connectivity index (χ4n) is 4.29. The molecule has 114 valence electrons. The summed E-state index contributed by atoms with van der Waals surface area (Å²) in [7, 11) is 0. The van der Waals surface area contributed by atoms with Crippen LogP contribution in [0.15, 0.2) is 6.33 Å². The van der Waals surface area contributed by atoms with E-state index in [2.05, 4.69) is 20.8 Å². The van der Waals surface area contributed by atoms with Crippen molar-refractivity contribution in [3.8, 4) is 6.07 Å². The van der Waals surface area contributed by atoms with E-state index in [1.807, 2.05) is 0 Å². The van der Waals surface area contributed by atoms with Crippen LogP contribution in [0.4, 0.5) is 0 Å². The third-order valence-electron chi connectivity index (χ3n) is 5.36. The van der Waals surface area contributed by atoms with Crippen LogP contribution in [0.1, 0.15) is 88.4 Å². The molecular weight excluding hydrogens is 260 g/mol. The Morgan fingerprint density at radius 2 is 1.71 bits per heavy atom. The van der Waals surface area contributed by atoms with Crippen LogP contribution in [0.3, 0.4) is 0 Å². The number of rotatable bonds is 1. The number of hydrogen-bond acceptors (Lipinski definition) is 3. The van der Waals surface area contributed by atoms with E-state index in [1.54, 1.807) is 6.33 Å². The molecule has 4 heteroatoms. The van der Waals surface area contributed by atoms with Gasteiger partial charge < -0.3 is 0 Å². The first-order chi connectivity index (χ1) is 10.4. The summed E-state index contributed by atoms with van der Waals surface area (Å²) in [6.45, 7) is 0. The lowest BCUT2D eigenvalue weighted by Gasteiger charge is -2.24. The van der Waals surface area contributed by atoms with Crippen LogP contribution in [0.2, 0.25) is 0 Å². The highest BCUT2D eigenvalue weighted by Gasteiger charge is 2.41. The molecule has 0 amide bonds. The molecule has 1 saturated carbocycles. The summed E-state index contributed by atoms with van der Waals surface area (Å²) in [5, 5.41) is 13.7. The topological polar surface area (TPSA) is 54.5 Å². The Morgan fingerprint density at radius 1 is 1.05 bits per heavy atom. The van der Waals surface area contributed by atoms with Crippen LogP contribution < -0.4 is 0 Å². The van der Waals surface area contributed by atoms with Crippen molar-refractivity contribution in [3.63, 3.8) is 0 Å². The molecule has 3 rings (SSSR count). The van der Waals surface area contributed by atoms with Crippen LogP contribution in [0, 0.1) is 17.2 Å². The second-order valence-electron chi connectivity index (χ2n) is 6.67. The van der Waals surface area contributed by atoms with Gasteiger partial charge in [-0.2, -0.15) is 10.4 Å². The van der Waals surface area contributed by atoms with Crippen LogP contribution in [0.5, 0.6) is 0 Å². The summed E-state index contributed by atoms with van der Waals surface area (Å²) in [5.74, 6) is 1.96. The Balaban J connectivity index is 1.78. The summed E-state index contributed by atoms with van der Waals surface area (Å²) in [6, 6.07) is 2.86. The Labute approximate surface area is 127 Å². The van der Waals surface area contributed by atoms with Crippen molar-refractivity contribution in [1.29, 1.82) is 5.26 Å². The summed E-state index contributed by atoms with van der Waals surface area (Å²) in [4.78, 5) is 4.47. The molecule has 3 unspecified atom stereocenters. The van der Waals surface area contributed by atoms with E-state index in [1.165, 1.54) is 64.2 Å². The second-order valence-corrected chi connectivity index (χ2v) is 6.67. The van der Waals surface area contributed by atoms with Crippen molar-refractivity contribution in [3.05, 3.63) is 12.2 Å². The average molecular weight is 286 g/mol. The van der Waals surface area contributed by atoms with Crippen LogP contribution in [-0.4, -0.2) is 14.8 Å². The number of fused-ring (bicyclic) bond motifs is 3. The normalized spacial score (nSPS) is 30.5. The third kappa shape index (κ3) is 3.12. The van der Waals surface area contributed by atoms with Gasteiger partial charge in [-0.05, 0) is 18.8 Å². The van der Waals surface area contributed by atoms with Gasteiger partial charge in [-0.25, -0.2) is 9.67 Å². The highest BCUT2D eigenvalue weighted by Crippen LogP contribution is 2.46. The standard InChI is InChI=1S/C17H26N4/c18-12-11-15-14-9-7-5-3-1-2-4-6-8-10-16(14)21-17(15)19-13-20-21/h13-16H,1-11H2. The molecule has 0 N–H and O–H groups in total. The minimum atomic E-state index is 0.311. The Kier molecular flexibility index (Phi) is 4.90. The molecule has 0 spiro atoms. The maximum Gasteiger partial charge on any atom is 0.138 e. The maximum absolute atomic E-state index is 9.18. The molecule has 2 heterocycles. The zero-order valence-electron chi connectivity index (χ0n) is 12.9.